The van der Waals surface area contributed by atoms with Gasteiger partial charge < -0.3 is 18.6 Å². The molecule has 0 unspecified atom stereocenters. The number of ether oxygens (including phenoxy) is 1. The van der Waals surface area contributed by atoms with Gasteiger partial charge in [-0.05, 0) is 30.3 Å². The Morgan fingerprint density at radius 3 is 1.64 bits per heavy atom. The normalized spacial score (nSPS) is 10.5. The van der Waals surface area contributed by atoms with Gasteiger partial charge >= 0.3 is 0 Å². The van der Waals surface area contributed by atoms with Crippen LogP contribution in [0.25, 0.3) is 28.6 Å². The molecule has 2 heterocycles. The fourth-order valence-electron chi connectivity index (χ4n) is 3.90. The SMILES string of the molecule is C.C.CC(C)c1onc(-c2c(Cl)cccc2Cl)c1CC=O.CO/C=C/c1c(-c2c(Cl)cccc2Cl)noc1C(C)C.Cl. The van der Waals surface area contributed by atoms with Gasteiger partial charge in [0.1, 0.15) is 29.2 Å². The van der Waals surface area contributed by atoms with E-state index in [9.17, 15) is 4.79 Å². The van der Waals surface area contributed by atoms with E-state index < -0.39 is 0 Å². The molecule has 2 aromatic heterocycles. The molecular formula is C31H37Cl5N2O4. The van der Waals surface area contributed by atoms with Crippen LogP contribution in [0.1, 0.15) is 77.0 Å². The van der Waals surface area contributed by atoms with E-state index >= 15 is 0 Å². The minimum atomic E-state index is 0. The molecule has 0 aliphatic carbocycles. The van der Waals surface area contributed by atoms with Crippen molar-refractivity contribution in [3.8, 4) is 22.5 Å². The van der Waals surface area contributed by atoms with Gasteiger partial charge in [-0.3, -0.25) is 0 Å². The topological polar surface area (TPSA) is 78.4 Å². The Labute approximate surface area is 274 Å². The molecule has 0 fully saturated rings. The number of hydrogen-bond acceptors (Lipinski definition) is 6. The lowest BCUT2D eigenvalue weighted by atomic mass is 9.99. The van der Waals surface area contributed by atoms with Gasteiger partial charge in [0.15, 0.2) is 0 Å². The minimum absolute atomic E-state index is 0. The van der Waals surface area contributed by atoms with Gasteiger partial charge in [-0.15, -0.1) is 12.4 Å². The number of aromatic nitrogens is 2. The molecule has 0 aliphatic rings. The number of methoxy groups -OCH3 is 1. The highest BCUT2D eigenvalue weighted by Crippen LogP contribution is 2.40. The number of halogens is 5. The number of rotatable bonds is 8. The number of hydrogen-bond donors (Lipinski definition) is 0. The van der Waals surface area contributed by atoms with E-state index in [2.05, 4.69) is 10.3 Å². The van der Waals surface area contributed by atoms with E-state index in [1.165, 1.54) is 0 Å². The van der Waals surface area contributed by atoms with Crippen molar-refractivity contribution in [1.29, 1.82) is 0 Å². The molecule has 0 bridgehead atoms. The minimum Gasteiger partial charge on any atom is -0.504 e. The number of aldehydes is 1. The van der Waals surface area contributed by atoms with Crippen molar-refractivity contribution >= 4 is 71.2 Å². The molecule has 4 rings (SSSR count). The number of carbonyl (C=O) groups is 1. The van der Waals surface area contributed by atoms with Gasteiger partial charge in [-0.2, -0.15) is 0 Å². The number of benzene rings is 2. The summed E-state index contributed by atoms with van der Waals surface area (Å²) >= 11 is 24.8. The van der Waals surface area contributed by atoms with Crippen LogP contribution in [0, 0.1) is 0 Å². The molecule has 0 radical (unpaired) electrons. The van der Waals surface area contributed by atoms with Gasteiger partial charge in [0.25, 0.3) is 0 Å². The highest BCUT2D eigenvalue weighted by atomic mass is 35.5. The third-order valence-electron chi connectivity index (χ3n) is 5.68. The molecule has 230 valence electrons. The average Bonchev–Trinajstić information content (AvgIpc) is 3.48. The summed E-state index contributed by atoms with van der Waals surface area (Å²) < 4.78 is 15.8. The van der Waals surface area contributed by atoms with Crippen LogP contribution in [0.2, 0.25) is 20.1 Å². The van der Waals surface area contributed by atoms with Crippen LogP contribution in [0.4, 0.5) is 0 Å². The second-order valence-electron chi connectivity index (χ2n) is 9.10. The molecule has 0 saturated carbocycles. The van der Waals surface area contributed by atoms with Gasteiger partial charge in [0.2, 0.25) is 0 Å². The molecular weight excluding hydrogens is 642 g/mol. The Hall–Kier alpha value is -2.48. The van der Waals surface area contributed by atoms with E-state index in [1.807, 2.05) is 27.7 Å². The zero-order chi connectivity index (χ0) is 28.7. The van der Waals surface area contributed by atoms with Crippen molar-refractivity contribution in [2.24, 2.45) is 0 Å². The maximum Gasteiger partial charge on any atom is 0.147 e. The first-order chi connectivity index (χ1) is 18.6. The van der Waals surface area contributed by atoms with E-state index in [-0.39, 0.29) is 45.5 Å². The molecule has 0 amide bonds. The monoisotopic (exact) mass is 676 g/mol. The first-order valence-electron chi connectivity index (χ1n) is 12.1. The third-order valence-corrected chi connectivity index (χ3v) is 6.94. The summed E-state index contributed by atoms with van der Waals surface area (Å²) in [6.07, 6.45) is 4.44. The summed E-state index contributed by atoms with van der Waals surface area (Å²) in [7, 11) is 1.58. The predicted molar refractivity (Wildman–Crippen MR) is 179 cm³/mol. The van der Waals surface area contributed by atoms with Crippen LogP contribution in [-0.4, -0.2) is 23.7 Å². The standard InChI is InChI=1S/C15H15Cl2NO2.C14H13Cl2NO2.2CH4.ClH/c1-9(2)15-10(7-8-19-3)14(18-20-15)13-11(16)5-4-6-12(13)17;1-8(2)14-9(6-7-18)13(17-19-14)12-10(15)4-3-5-11(12)16;;;/h4-9H,1-3H3;3-5,7-8H,6H2,1-2H3;2*1H4;1H/b8-7+;;;;. The molecule has 11 heteroatoms. The lowest BCUT2D eigenvalue weighted by Gasteiger charge is -2.06. The molecule has 0 aliphatic heterocycles. The lowest BCUT2D eigenvalue weighted by Crippen LogP contribution is -1.96. The van der Waals surface area contributed by atoms with E-state index in [0.717, 1.165) is 23.2 Å². The van der Waals surface area contributed by atoms with Crippen molar-refractivity contribution in [2.75, 3.05) is 7.11 Å². The fourth-order valence-corrected chi connectivity index (χ4v) is 5.06. The van der Waals surface area contributed by atoms with Gasteiger partial charge in [0.05, 0.1) is 33.5 Å². The summed E-state index contributed by atoms with van der Waals surface area (Å²) in [5, 5.41) is 10.2. The van der Waals surface area contributed by atoms with Gasteiger partial charge in [-0.25, -0.2) is 0 Å². The molecule has 0 N–H and O–H groups in total. The maximum atomic E-state index is 10.9. The lowest BCUT2D eigenvalue weighted by molar-refractivity contribution is -0.107. The van der Waals surface area contributed by atoms with Crippen molar-refractivity contribution in [1.82, 2.24) is 10.3 Å². The molecule has 42 heavy (non-hydrogen) atoms. The summed E-state index contributed by atoms with van der Waals surface area (Å²) in [5.41, 5.74) is 4.03. The smallest absolute Gasteiger partial charge is 0.147 e. The van der Waals surface area contributed by atoms with Crippen molar-refractivity contribution in [3.05, 3.63) is 85.4 Å². The largest absolute Gasteiger partial charge is 0.504 e. The zero-order valence-corrected chi connectivity index (χ0v) is 26.3. The quantitative estimate of drug-likeness (QED) is 0.136. The van der Waals surface area contributed by atoms with Crippen molar-refractivity contribution in [3.63, 3.8) is 0 Å². The Bertz CT molecular complexity index is 1420. The first-order valence-corrected chi connectivity index (χ1v) is 13.6. The number of nitrogens with zero attached hydrogens (tertiary/aromatic N) is 2. The van der Waals surface area contributed by atoms with E-state index in [4.69, 9.17) is 60.2 Å². The third kappa shape index (κ3) is 9.01. The van der Waals surface area contributed by atoms with Crippen LogP contribution < -0.4 is 0 Å². The second-order valence-corrected chi connectivity index (χ2v) is 10.7. The van der Waals surface area contributed by atoms with Crippen molar-refractivity contribution < 1.29 is 18.6 Å². The van der Waals surface area contributed by atoms with Crippen LogP contribution in [0.15, 0.2) is 51.7 Å². The summed E-state index contributed by atoms with van der Waals surface area (Å²) in [6, 6.07) is 10.6. The Morgan fingerprint density at radius 2 is 1.21 bits per heavy atom. The van der Waals surface area contributed by atoms with Crippen LogP contribution in [0.5, 0.6) is 0 Å². The maximum absolute atomic E-state index is 10.9. The van der Waals surface area contributed by atoms with Crippen LogP contribution >= 0.6 is 58.8 Å². The highest BCUT2D eigenvalue weighted by molar-refractivity contribution is 6.39. The predicted octanol–water partition coefficient (Wildman–Crippen LogP) is 11.6. The zero-order valence-electron chi connectivity index (χ0n) is 22.5. The summed E-state index contributed by atoms with van der Waals surface area (Å²) in [4.78, 5) is 10.9. The molecule has 6 nitrogen and oxygen atoms in total. The summed E-state index contributed by atoms with van der Waals surface area (Å²) in [5.74, 6) is 1.79. The Balaban J connectivity index is 0.000000748. The van der Waals surface area contributed by atoms with Gasteiger partial charge in [0, 0.05) is 40.5 Å². The molecule has 0 saturated heterocycles. The highest BCUT2D eigenvalue weighted by Gasteiger charge is 2.23. The fraction of sp³-hybridized carbons (Fsp3) is 0.323. The average molecular weight is 679 g/mol. The van der Waals surface area contributed by atoms with E-state index in [1.54, 1.807) is 55.8 Å². The second kappa shape index (κ2) is 18.2. The van der Waals surface area contributed by atoms with Crippen LogP contribution in [0.3, 0.4) is 0 Å². The molecule has 4 aromatic rings. The first kappa shape index (κ1) is 39.5. The molecule has 0 spiro atoms. The number of carbonyl (C=O) groups excluding carboxylic acids is 1. The molecule has 2 aromatic carbocycles. The summed E-state index contributed by atoms with van der Waals surface area (Å²) in [6.45, 7) is 8.02. The van der Waals surface area contributed by atoms with E-state index in [0.29, 0.717) is 48.4 Å². The molecule has 0 atom stereocenters. The van der Waals surface area contributed by atoms with Gasteiger partial charge in [-0.1, -0.05) is 111 Å². The Morgan fingerprint density at radius 1 is 0.786 bits per heavy atom. The van der Waals surface area contributed by atoms with Crippen LogP contribution in [-0.2, 0) is 16.0 Å². The Kier molecular flexibility index (Phi) is 17.2. The van der Waals surface area contributed by atoms with Crippen molar-refractivity contribution in [2.45, 2.75) is 60.8 Å².